The second kappa shape index (κ2) is 6.74. The van der Waals surface area contributed by atoms with Crippen molar-refractivity contribution < 1.29 is 14.3 Å². The van der Waals surface area contributed by atoms with Gasteiger partial charge in [0.25, 0.3) is 0 Å². The molecule has 0 aliphatic heterocycles. The summed E-state index contributed by atoms with van der Waals surface area (Å²) in [5.74, 6) is -0.682. The van der Waals surface area contributed by atoms with Gasteiger partial charge in [0.15, 0.2) is 0 Å². The van der Waals surface area contributed by atoms with Gasteiger partial charge in [-0.25, -0.2) is 9.18 Å². The van der Waals surface area contributed by atoms with Crippen LogP contribution in [0.4, 0.5) is 10.1 Å². The third-order valence-corrected chi connectivity index (χ3v) is 4.23. The molecule has 1 aliphatic carbocycles. The quantitative estimate of drug-likeness (QED) is 0.854. The van der Waals surface area contributed by atoms with Gasteiger partial charge in [0.05, 0.1) is 0 Å². The molecule has 1 fully saturated rings. The lowest BCUT2D eigenvalue weighted by Crippen LogP contribution is -2.35. The maximum absolute atomic E-state index is 13.4. The zero-order chi connectivity index (χ0) is 15.4. The van der Waals surface area contributed by atoms with E-state index in [-0.39, 0.29) is 5.82 Å². The SMILES string of the molecule is CC1CCCC(N(C)c2ccc(F)cc2C=CC(=O)O)C1. The average molecular weight is 291 g/mol. The molecule has 0 saturated heterocycles. The molecule has 2 unspecified atom stereocenters. The molecule has 1 aliphatic rings. The Morgan fingerprint density at radius 1 is 1.43 bits per heavy atom. The van der Waals surface area contributed by atoms with Crippen molar-refractivity contribution in [2.24, 2.45) is 5.92 Å². The molecule has 0 amide bonds. The molecule has 4 heteroatoms. The number of nitrogens with zero attached hydrogens (tertiary/aromatic N) is 1. The van der Waals surface area contributed by atoms with Gasteiger partial charge in [-0.3, -0.25) is 0 Å². The van der Waals surface area contributed by atoms with E-state index in [1.54, 1.807) is 6.07 Å². The fourth-order valence-corrected chi connectivity index (χ4v) is 3.09. The van der Waals surface area contributed by atoms with Gasteiger partial charge in [-0.15, -0.1) is 0 Å². The van der Waals surface area contributed by atoms with Gasteiger partial charge >= 0.3 is 5.97 Å². The largest absolute Gasteiger partial charge is 0.478 e. The van der Waals surface area contributed by atoms with Crippen LogP contribution in [0.25, 0.3) is 6.08 Å². The van der Waals surface area contributed by atoms with Crippen molar-refractivity contribution in [3.63, 3.8) is 0 Å². The number of rotatable bonds is 4. The molecule has 0 aromatic heterocycles. The van der Waals surface area contributed by atoms with Crippen LogP contribution in [-0.2, 0) is 4.79 Å². The van der Waals surface area contributed by atoms with Crippen LogP contribution < -0.4 is 4.90 Å². The lowest BCUT2D eigenvalue weighted by atomic mass is 9.86. The lowest BCUT2D eigenvalue weighted by Gasteiger charge is -2.36. The average Bonchev–Trinajstić information content (AvgIpc) is 2.44. The van der Waals surface area contributed by atoms with Gasteiger partial charge in [0.1, 0.15) is 5.82 Å². The Hall–Kier alpha value is -1.84. The first-order valence-corrected chi connectivity index (χ1v) is 7.40. The molecule has 1 saturated carbocycles. The summed E-state index contributed by atoms with van der Waals surface area (Å²) in [6, 6.07) is 4.97. The molecular weight excluding hydrogens is 269 g/mol. The van der Waals surface area contributed by atoms with Crippen molar-refractivity contribution in [2.45, 2.75) is 38.6 Å². The Bertz CT molecular complexity index is 542. The molecule has 1 aromatic carbocycles. The summed E-state index contributed by atoms with van der Waals surface area (Å²) in [5.41, 5.74) is 1.49. The van der Waals surface area contributed by atoms with Crippen molar-refractivity contribution in [3.8, 4) is 0 Å². The maximum atomic E-state index is 13.4. The normalized spacial score (nSPS) is 22.4. The summed E-state index contributed by atoms with van der Waals surface area (Å²) >= 11 is 0. The number of anilines is 1. The van der Waals surface area contributed by atoms with E-state index in [9.17, 15) is 9.18 Å². The Morgan fingerprint density at radius 3 is 2.86 bits per heavy atom. The van der Waals surface area contributed by atoms with E-state index in [2.05, 4.69) is 11.8 Å². The zero-order valence-electron chi connectivity index (χ0n) is 12.6. The fraction of sp³-hybridized carbons (Fsp3) is 0.471. The molecule has 1 aromatic rings. The van der Waals surface area contributed by atoms with Crippen LogP contribution >= 0.6 is 0 Å². The molecule has 3 nitrogen and oxygen atoms in total. The summed E-state index contributed by atoms with van der Waals surface area (Å²) in [5, 5.41) is 8.76. The first-order valence-electron chi connectivity index (χ1n) is 7.40. The Kier molecular flexibility index (Phi) is 4.99. The highest BCUT2D eigenvalue weighted by molar-refractivity contribution is 5.87. The Balaban J connectivity index is 2.27. The van der Waals surface area contributed by atoms with E-state index < -0.39 is 5.97 Å². The van der Waals surface area contributed by atoms with Crippen molar-refractivity contribution in [1.29, 1.82) is 0 Å². The van der Waals surface area contributed by atoms with E-state index in [0.29, 0.717) is 17.5 Å². The van der Waals surface area contributed by atoms with Gasteiger partial charge in [-0.1, -0.05) is 19.8 Å². The van der Waals surface area contributed by atoms with Gasteiger partial charge in [-0.2, -0.15) is 0 Å². The third-order valence-electron chi connectivity index (χ3n) is 4.23. The predicted octanol–water partition coefficient (Wildman–Crippen LogP) is 3.94. The Labute approximate surface area is 125 Å². The van der Waals surface area contributed by atoms with Crippen molar-refractivity contribution in [2.75, 3.05) is 11.9 Å². The van der Waals surface area contributed by atoms with E-state index in [1.165, 1.54) is 31.1 Å². The molecule has 21 heavy (non-hydrogen) atoms. The molecule has 0 spiro atoms. The molecule has 2 atom stereocenters. The number of hydrogen-bond acceptors (Lipinski definition) is 2. The number of carboxylic acid groups (broad SMARTS) is 1. The lowest BCUT2D eigenvalue weighted by molar-refractivity contribution is -0.131. The smallest absolute Gasteiger partial charge is 0.328 e. The molecule has 0 radical (unpaired) electrons. The summed E-state index contributed by atoms with van der Waals surface area (Å²) in [6.45, 7) is 2.26. The van der Waals surface area contributed by atoms with Gasteiger partial charge in [0, 0.05) is 30.4 Å². The Morgan fingerprint density at radius 2 is 2.19 bits per heavy atom. The van der Waals surface area contributed by atoms with Gasteiger partial charge < -0.3 is 10.0 Å². The number of carbonyl (C=O) groups is 1. The molecule has 114 valence electrons. The minimum absolute atomic E-state index is 0.353. The minimum Gasteiger partial charge on any atom is -0.478 e. The standard InChI is InChI=1S/C17H22FNO2/c1-12-4-3-5-15(10-12)19(2)16-8-7-14(18)11-13(16)6-9-17(20)21/h6-9,11-12,15H,3-5,10H2,1-2H3,(H,20,21). The topological polar surface area (TPSA) is 40.5 Å². The fourth-order valence-electron chi connectivity index (χ4n) is 3.09. The van der Waals surface area contributed by atoms with E-state index >= 15 is 0 Å². The van der Waals surface area contributed by atoms with Crippen LogP contribution in [0.5, 0.6) is 0 Å². The van der Waals surface area contributed by atoms with E-state index in [1.807, 2.05) is 7.05 Å². The predicted molar refractivity (Wildman–Crippen MR) is 82.9 cm³/mol. The number of aliphatic carboxylic acids is 1. The van der Waals surface area contributed by atoms with Crippen LogP contribution in [0, 0.1) is 11.7 Å². The molecule has 0 heterocycles. The van der Waals surface area contributed by atoms with Gasteiger partial charge in [0.2, 0.25) is 0 Å². The number of benzene rings is 1. The number of hydrogen-bond donors (Lipinski definition) is 1. The summed E-state index contributed by atoms with van der Waals surface area (Å²) in [4.78, 5) is 12.9. The van der Waals surface area contributed by atoms with Crippen molar-refractivity contribution >= 4 is 17.7 Å². The molecule has 1 N–H and O–H groups in total. The summed E-state index contributed by atoms with van der Waals surface area (Å²) in [6.07, 6.45) is 7.23. The summed E-state index contributed by atoms with van der Waals surface area (Å²) < 4.78 is 13.4. The minimum atomic E-state index is -1.03. The highest BCUT2D eigenvalue weighted by Crippen LogP contribution is 2.31. The van der Waals surface area contributed by atoms with Crippen LogP contribution in [-0.4, -0.2) is 24.2 Å². The second-order valence-corrected chi connectivity index (χ2v) is 5.91. The molecular formula is C17H22FNO2. The summed E-state index contributed by atoms with van der Waals surface area (Å²) in [7, 11) is 2.01. The molecule has 2 rings (SSSR count). The van der Waals surface area contributed by atoms with Crippen LogP contribution in [0.2, 0.25) is 0 Å². The van der Waals surface area contributed by atoms with Crippen molar-refractivity contribution in [1.82, 2.24) is 0 Å². The maximum Gasteiger partial charge on any atom is 0.328 e. The monoisotopic (exact) mass is 291 g/mol. The van der Waals surface area contributed by atoms with Gasteiger partial charge in [-0.05, 0) is 43.0 Å². The number of carboxylic acids is 1. The zero-order valence-corrected chi connectivity index (χ0v) is 12.6. The third kappa shape index (κ3) is 4.06. The first-order chi connectivity index (χ1) is 9.97. The van der Waals surface area contributed by atoms with E-state index in [0.717, 1.165) is 24.6 Å². The van der Waals surface area contributed by atoms with E-state index in [4.69, 9.17) is 5.11 Å². The highest BCUT2D eigenvalue weighted by atomic mass is 19.1. The molecule has 0 bridgehead atoms. The van der Waals surface area contributed by atoms with Crippen LogP contribution in [0.3, 0.4) is 0 Å². The van der Waals surface area contributed by atoms with Crippen LogP contribution in [0.1, 0.15) is 38.2 Å². The second-order valence-electron chi connectivity index (χ2n) is 5.91. The first kappa shape index (κ1) is 15.5. The van der Waals surface area contributed by atoms with Crippen LogP contribution in [0.15, 0.2) is 24.3 Å². The number of halogens is 1. The van der Waals surface area contributed by atoms with Crippen molar-refractivity contribution in [3.05, 3.63) is 35.7 Å². The highest BCUT2D eigenvalue weighted by Gasteiger charge is 2.23.